The molecule has 4 aromatic rings. The van der Waals surface area contributed by atoms with Gasteiger partial charge in [0.1, 0.15) is 11.1 Å². The van der Waals surface area contributed by atoms with Gasteiger partial charge in [0.05, 0.1) is 5.69 Å². The van der Waals surface area contributed by atoms with Crippen molar-refractivity contribution in [1.82, 2.24) is 4.98 Å². The largest absolute Gasteiger partial charge is 0.422 e. The molecule has 0 atom stereocenters. The van der Waals surface area contributed by atoms with Crippen molar-refractivity contribution in [2.75, 3.05) is 5.32 Å². The zero-order valence-electron chi connectivity index (χ0n) is 12.9. The number of benzene rings is 2. The fourth-order valence-electron chi connectivity index (χ4n) is 2.46. The first-order valence-corrected chi connectivity index (χ1v) is 8.44. The molecule has 0 aliphatic heterocycles. The number of nitrogens with zero attached hydrogens (tertiary/aromatic N) is 1. The second kappa shape index (κ2) is 6.33. The fourth-order valence-corrected chi connectivity index (χ4v) is 3.17. The number of nitrogens with one attached hydrogen (secondary N) is 1. The van der Waals surface area contributed by atoms with Crippen molar-refractivity contribution >= 4 is 33.3 Å². The van der Waals surface area contributed by atoms with Gasteiger partial charge in [-0.1, -0.05) is 48.5 Å². The SMILES string of the molecule is O=C(Nc1nc(-c2ccccc2)cs1)c1cc2ccccc2oc1=O. The summed E-state index contributed by atoms with van der Waals surface area (Å²) in [5.41, 5.74) is 1.46. The minimum Gasteiger partial charge on any atom is -0.422 e. The van der Waals surface area contributed by atoms with Gasteiger partial charge in [-0.15, -0.1) is 11.3 Å². The van der Waals surface area contributed by atoms with Gasteiger partial charge in [0.25, 0.3) is 5.91 Å². The van der Waals surface area contributed by atoms with Crippen LogP contribution in [0.4, 0.5) is 5.13 Å². The zero-order chi connectivity index (χ0) is 17.2. The molecule has 2 aromatic heterocycles. The first-order chi connectivity index (χ1) is 12.2. The van der Waals surface area contributed by atoms with Crippen LogP contribution < -0.4 is 10.9 Å². The van der Waals surface area contributed by atoms with E-state index in [0.29, 0.717) is 16.1 Å². The lowest BCUT2D eigenvalue weighted by Crippen LogP contribution is -2.20. The van der Waals surface area contributed by atoms with Gasteiger partial charge in [-0.2, -0.15) is 0 Å². The highest BCUT2D eigenvalue weighted by Gasteiger charge is 2.15. The molecule has 4 rings (SSSR count). The standard InChI is InChI=1S/C19H12N2O3S/c22-17(14-10-13-8-4-5-9-16(13)24-18(14)23)21-19-20-15(11-25-19)12-6-2-1-3-7-12/h1-11H,(H,20,21,22). The molecule has 6 heteroatoms. The smallest absolute Gasteiger partial charge is 0.349 e. The van der Waals surface area contributed by atoms with Gasteiger partial charge in [-0.3, -0.25) is 10.1 Å². The van der Waals surface area contributed by atoms with Crippen LogP contribution in [-0.4, -0.2) is 10.9 Å². The molecule has 0 aliphatic rings. The van der Waals surface area contributed by atoms with Crippen LogP contribution in [0.25, 0.3) is 22.2 Å². The molecule has 0 aliphatic carbocycles. The number of anilines is 1. The third-order valence-electron chi connectivity index (χ3n) is 3.68. The topological polar surface area (TPSA) is 72.2 Å². The summed E-state index contributed by atoms with van der Waals surface area (Å²) in [4.78, 5) is 28.9. The first kappa shape index (κ1) is 15.3. The van der Waals surface area contributed by atoms with Crippen LogP contribution >= 0.6 is 11.3 Å². The van der Waals surface area contributed by atoms with Crippen molar-refractivity contribution in [3.8, 4) is 11.3 Å². The van der Waals surface area contributed by atoms with Crippen molar-refractivity contribution in [2.24, 2.45) is 0 Å². The molecular formula is C19H12N2O3S. The molecule has 5 nitrogen and oxygen atoms in total. The Kier molecular flexibility index (Phi) is 3.87. The lowest BCUT2D eigenvalue weighted by atomic mass is 10.2. The molecule has 0 unspecified atom stereocenters. The van der Waals surface area contributed by atoms with E-state index in [9.17, 15) is 9.59 Å². The number of amides is 1. The van der Waals surface area contributed by atoms with Crippen molar-refractivity contribution < 1.29 is 9.21 Å². The Balaban J connectivity index is 1.61. The lowest BCUT2D eigenvalue weighted by Gasteiger charge is -2.02. The maximum atomic E-state index is 12.4. The van der Waals surface area contributed by atoms with E-state index in [0.717, 1.165) is 11.3 Å². The molecule has 1 amide bonds. The highest BCUT2D eigenvalue weighted by molar-refractivity contribution is 7.14. The number of carbonyl (C=O) groups is 1. The number of hydrogen-bond acceptors (Lipinski definition) is 5. The Labute approximate surface area is 146 Å². The molecule has 0 bridgehead atoms. The van der Waals surface area contributed by atoms with Gasteiger partial charge in [-0.25, -0.2) is 9.78 Å². The molecule has 0 radical (unpaired) electrons. The quantitative estimate of drug-likeness (QED) is 0.564. The lowest BCUT2D eigenvalue weighted by molar-refractivity contribution is 0.102. The minimum absolute atomic E-state index is 0.0461. The van der Waals surface area contributed by atoms with E-state index in [1.165, 1.54) is 17.4 Å². The zero-order valence-corrected chi connectivity index (χ0v) is 13.7. The van der Waals surface area contributed by atoms with Crippen molar-refractivity contribution in [3.63, 3.8) is 0 Å². The monoisotopic (exact) mass is 348 g/mol. The predicted molar refractivity (Wildman–Crippen MR) is 98.0 cm³/mol. The number of aromatic nitrogens is 1. The number of fused-ring (bicyclic) bond motifs is 1. The normalized spacial score (nSPS) is 10.7. The summed E-state index contributed by atoms with van der Waals surface area (Å²) in [7, 11) is 0. The Bertz CT molecular complexity index is 1120. The van der Waals surface area contributed by atoms with Crippen molar-refractivity contribution in [2.45, 2.75) is 0 Å². The average molecular weight is 348 g/mol. The Hall–Kier alpha value is -3.25. The molecule has 2 heterocycles. The number of hydrogen-bond donors (Lipinski definition) is 1. The van der Waals surface area contributed by atoms with E-state index in [1.54, 1.807) is 18.2 Å². The van der Waals surface area contributed by atoms with E-state index in [-0.39, 0.29) is 5.56 Å². The second-order valence-electron chi connectivity index (χ2n) is 5.34. The van der Waals surface area contributed by atoms with Gasteiger partial charge in [0.2, 0.25) is 0 Å². The molecular weight excluding hydrogens is 336 g/mol. The van der Waals surface area contributed by atoms with Crippen molar-refractivity contribution in [3.05, 3.63) is 82.0 Å². The second-order valence-corrected chi connectivity index (χ2v) is 6.20. The van der Waals surface area contributed by atoms with Crippen LogP contribution in [-0.2, 0) is 0 Å². The van der Waals surface area contributed by atoms with Crippen LogP contribution in [0, 0.1) is 0 Å². The average Bonchev–Trinajstić information content (AvgIpc) is 3.10. The van der Waals surface area contributed by atoms with E-state index in [2.05, 4.69) is 10.3 Å². The summed E-state index contributed by atoms with van der Waals surface area (Å²) >= 11 is 1.30. The molecule has 25 heavy (non-hydrogen) atoms. The summed E-state index contributed by atoms with van der Waals surface area (Å²) < 4.78 is 5.19. The fraction of sp³-hybridized carbons (Fsp3) is 0. The first-order valence-electron chi connectivity index (χ1n) is 7.56. The molecule has 1 N–H and O–H groups in total. The minimum atomic E-state index is -0.670. The Morgan fingerprint density at radius 3 is 2.64 bits per heavy atom. The molecule has 0 spiro atoms. The third-order valence-corrected chi connectivity index (χ3v) is 4.44. The summed E-state index contributed by atoms with van der Waals surface area (Å²) in [5.74, 6) is -0.534. The van der Waals surface area contributed by atoms with Crippen LogP contribution in [0.2, 0.25) is 0 Å². The van der Waals surface area contributed by atoms with Gasteiger partial charge in [-0.05, 0) is 12.1 Å². The van der Waals surface area contributed by atoms with E-state index in [1.807, 2.05) is 41.8 Å². The maximum absolute atomic E-state index is 12.4. The van der Waals surface area contributed by atoms with Gasteiger partial charge < -0.3 is 4.42 Å². The van der Waals surface area contributed by atoms with Crippen LogP contribution in [0.3, 0.4) is 0 Å². The highest BCUT2D eigenvalue weighted by Crippen LogP contribution is 2.25. The van der Waals surface area contributed by atoms with Crippen LogP contribution in [0.5, 0.6) is 0 Å². The van der Waals surface area contributed by atoms with Gasteiger partial charge in [0, 0.05) is 16.3 Å². The number of carbonyl (C=O) groups excluding carboxylic acids is 1. The Morgan fingerprint density at radius 1 is 1.04 bits per heavy atom. The van der Waals surface area contributed by atoms with Crippen LogP contribution in [0.1, 0.15) is 10.4 Å². The highest BCUT2D eigenvalue weighted by atomic mass is 32.1. The van der Waals surface area contributed by atoms with Crippen molar-refractivity contribution in [1.29, 1.82) is 0 Å². The molecule has 2 aromatic carbocycles. The van der Waals surface area contributed by atoms with E-state index >= 15 is 0 Å². The summed E-state index contributed by atoms with van der Waals surface area (Å²) in [5, 5.41) is 5.64. The molecule has 0 fully saturated rings. The summed E-state index contributed by atoms with van der Waals surface area (Å²) in [6.45, 7) is 0. The third kappa shape index (κ3) is 3.07. The van der Waals surface area contributed by atoms with Gasteiger partial charge in [0.15, 0.2) is 5.13 Å². The molecule has 0 saturated carbocycles. The predicted octanol–water partition coefficient (Wildman–Crippen LogP) is 4.17. The number of rotatable bonds is 3. The number of para-hydroxylation sites is 1. The van der Waals surface area contributed by atoms with E-state index in [4.69, 9.17) is 4.42 Å². The van der Waals surface area contributed by atoms with E-state index < -0.39 is 11.5 Å². The van der Waals surface area contributed by atoms with Gasteiger partial charge >= 0.3 is 5.63 Å². The van der Waals surface area contributed by atoms with Crippen LogP contribution in [0.15, 0.2) is 75.3 Å². The molecule has 122 valence electrons. The summed E-state index contributed by atoms with van der Waals surface area (Å²) in [6.07, 6.45) is 0. The Morgan fingerprint density at radius 2 is 1.80 bits per heavy atom. The molecule has 0 saturated heterocycles. The maximum Gasteiger partial charge on any atom is 0.349 e. The summed E-state index contributed by atoms with van der Waals surface area (Å²) in [6, 6.07) is 18.2. The number of thiazole rings is 1.